The monoisotopic (exact) mass is 216 g/mol. The van der Waals surface area contributed by atoms with Crippen LogP contribution in [0.15, 0.2) is 0 Å². The summed E-state index contributed by atoms with van der Waals surface area (Å²) >= 11 is 0. The van der Waals surface area contributed by atoms with Crippen LogP contribution in [0.4, 0.5) is 4.79 Å². The summed E-state index contributed by atoms with van der Waals surface area (Å²) in [5.74, 6) is 0. The topological polar surface area (TPSA) is 73.6 Å². The average molecular weight is 216 g/mol. The van der Waals surface area contributed by atoms with E-state index in [9.17, 15) is 4.79 Å². The van der Waals surface area contributed by atoms with Gasteiger partial charge in [-0.2, -0.15) is 0 Å². The van der Waals surface area contributed by atoms with Gasteiger partial charge in [0.05, 0.1) is 19.3 Å². The van der Waals surface area contributed by atoms with Crippen LogP contribution in [0, 0.1) is 0 Å². The highest BCUT2D eigenvalue weighted by Crippen LogP contribution is 2.09. The number of hydrogen-bond donors (Lipinski definition) is 2. The van der Waals surface area contributed by atoms with Gasteiger partial charge < -0.3 is 20.5 Å². The van der Waals surface area contributed by atoms with Gasteiger partial charge in [-0.3, -0.25) is 0 Å². The number of nitrogens with one attached hydrogen (secondary N) is 1. The van der Waals surface area contributed by atoms with E-state index in [1.54, 1.807) is 0 Å². The molecule has 1 rings (SSSR count). The van der Waals surface area contributed by atoms with E-state index in [1.807, 2.05) is 20.8 Å². The standard InChI is InChI=1S/C10H20N2O3/c1-10(2,3)15-9(13)12-8-4-7(11)5-14-6-8/h7-8H,4-6,11H2,1-3H3,(H,12,13)/t7-,8+/m0/s1. The number of carbonyl (C=O) groups excluding carboxylic acids is 1. The molecule has 0 spiro atoms. The Morgan fingerprint density at radius 3 is 2.67 bits per heavy atom. The van der Waals surface area contributed by atoms with Crippen LogP contribution in [0.1, 0.15) is 27.2 Å². The highest BCUT2D eigenvalue weighted by atomic mass is 16.6. The smallest absolute Gasteiger partial charge is 0.407 e. The first kappa shape index (κ1) is 12.3. The molecule has 0 bridgehead atoms. The molecule has 15 heavy (non-hydrogen) atoms. The van der Waals surface area contributed by atoms with Crippen LogP contribution < -0.4 is 11.1 Å². The predicted molar refractivity (Wildman–Crippen MR) is 56.6 cm³/mol. The lowest BCUT2D eigenvalue weighted by molar-refractivity contribution is 0.0301. The zero-order valence-electron chi connectivity index (χ0n) is 9.58. The van der Waals surface area contributed by atoms with E-state index in [4.69, 9.17) is 15.2 Å². The van der Waals surface area contributed by atoms with Crippen molar-refractivity contribution in [1.29, 1.82) is 0 Å². The summed E-state index contributed by atoms with van der Waals surface area (Å²) in [7, 11) is 0. The van der Waals surface area contributed by atoms with Gasteiger partial charge in [-0.25, -0.2) is 4.79 Å². The third-order valence-electron chi connectivity index (χ3n) is 1.96. The molecule has 1 heterocycles. The zero-order valence-corrected chi connectivity index (χ0v) is 9.58. The van der Waals surface area contributed by atoms with Gasteiger partial charge in [-0.15, -0.1) is 0 Å². The summed E-state index contributed by atoms with van der Waals surface area (Å²) in [6.45, 7) is 6.56. The first-order valence-electron chi connectivity index (χ1n) is 5.19. The molecular formula is C10H20N2O3. The van der Waals surface area contributed by atoms with E-state index in [1.165, 1.54) is 0 Å². The first-order chi connectivity index (χ1) is 6.87. The maximum Gasteiger partial charge on any atom is 0.407 e. The number of rotatable bonds is 1. The van der Waals surface area contributed by atoms with Gasteiger partial charge in [-0.05, 0) is 27.2 Å². The molecule has 0 aromatic rings. The van der Waals surface area contributed by atoms with Crippen LogP contribution in [0.2, 0.25) is 0 Å². The molecule has 0 aliphatic carbocycles. The molecule has 0 aromatic carbocycles. The Balaban J connectivity index is 2.31. The Bertz CT molecular complexity index is 225. The number of hydrogen-bond acceptors (Lipinski definition) is 4. The fourth-order valence-corrected chi connectivity index (χ4v) is 1.44. The predicted octanol–water partition coefficient (Wildman–Crippen LogP) is 0.627. The number of ether oxygens (including phenoxy) is 2. The van der Waals surface area contributed by atoms with Crippen LogP contribution in [0.25, 0.3) is 0 Å². The Morgan fingerprint density at radius 1 is 1.47 bits per heavy atom. The highest BCUT2D eigenvalue weighted by Gasteiger charge is 2.24. The van der Waals surface area contributed by atoms with E-state index in [2.05, 4.69) is 5.32 Å². The number of alkyl carbamates (subject to hydrolysis) is 1. The van der Waals surface area contributed by atoms with Crippen molar-refractivity contribution >= 4 is 6.09 Å². The number of amides is 1. The summed E-state index contributed by atoms with van der Waals surface area (Å²) in [5, 5.41) is 2.74. The van der Waals surface area contributed by atoms with Crippen molar-refractivity contribution in [1.82, 2.24) is 5.32 Å². The second-order valence-electron chi connectivity index (χ2n) is 4.88. The van der Waals surface area contributed by atoms with Gasteiger partial charge in [0.1, 0.15) is 5.60 Å². The normalized spacial score (nSPS) is 27.2. The van der Waals surface area contributed by atoms with Gasteiger partial charge in [0.15, 0.2) is 0 Å². The van der Waals surface area contributed by atoms with Crippen molar-refractivity contribution < 1.29 is 14.3 Å². The van der Waals surface area contributed by atoms with Crippen LogP contribution >= 0.6 is 0 Å². The molecule has 5 heteroatoms. The molecule has 1 amide bonds. The van der Waals surface area contributed by atoms with Crippen molar-refractivity contribution in [3.05, 3.63) is 0 Å². The molecule has 2 atom stereocenters. The largest absolute Gasteiger partial charge is 0.444 e. The van der Waals surface area contributed by atoms with Crippen LogP contribution in [-0.4, -0.2) is 37.0 Å². The number of carbonyl (C=O) groups is 1. The second kappa shape index (κ2) is 4.81. The van der Waals surface area contributed by atoms with Gasteiger partial charge in [0.2, 0.25) is 0 Å². The van der Waals surface area contributed by atoms with Crippen LogP contribution in [0.3, 0.4) is 0 Å². The molecule has 0 saturated carbocycles. The molecule has 1 aliphatic rings. The Kier molecular flexibility index (Phi) is 3.93. The van der Waals surface area contributed by atoms with Crippen molar-refractivity contribution in [3.8, 4) is 0 Å². The summed E-state index contributed by atoms with van der Waals surface area (Å²) in [6, 6.07) is -0.0395. The van der Waals surface area contributed by atoms with E-state index in [-0.39, 0.29) is 12.1 Å². The Hall–Kier alpha value is -0.810. The van der Waals surface area contributed by atoms with E-state index in [0.717, 1.165) is 6.42 Å². The molecule has 0 unspecified atom stereocenters. The van der Waals surface area contributed by atoms with Crippen LogP contribution in [0.5, 0.6) is 0 Å². The van der Waals surface area contributed by atoms with Crippen molar-refractivity contribution in [2.45, 2.75) is 44.9 Å². The lowest BCUT2D eigenvalue weighted by Crippen LogP contribution is -2.48. The highest BCUT2D eigenvalue weighted by molar-refractivity contribution is 5.68. The Morgan fingerprint density at radius 2 is 2.13 bits per heavy atom. The third kappa shape index (κ3) is 4.99. The van der Waals surface area contributed by atoms with E-state index < -0.39 is 11.7 Å². The molecule has 5 nitrogen and oxygen atoms in total. The summed E-state index contributed by atoms with van der Waals surface area (Å²) < 4.78 is 10.4. The summed E-state index contributed by atoms with van der Waals surface area (Å²) in [5.41, 5.74) is 5.24. The minimum absolute atomic E-state index is 0.00122. The van der Waals surface area contributed by atoms with Crippen molar-refractivity contribution in [2.24, 2.45) is 5.73 Å². The molecule has 1 fully saturated rings. The lowest BCUT2D eigenvalue weighted by Gasteiger charge is -2.28. The molecule has 1 aliphatic heterocycles. The van der Waals surface area contributed by atoms with Gasteiger partial charge in [0, 0.05) is 6.04 Å². The fourth-order valence-electron chi connectivity index (χ4n) is 1.44. The molecule has 1 saturated heterocycles. The molecule has 0 aromatic heterocycles. The minimum atomic E-state index is -0.471. The van der Waals surface area contributed by atoms with E-state index in [0.29, 0.717) is 13.2 Å². The quantitative estimate of drug-likeness (QED) is 0.674. The van der Waals surface area contributed by atoms with Gasteiger partial charge in [-0.1, -0.05) is 0 Å². The number of nitrogens with two attached hydrogens (primary N) is 1. The van der Waals surface area contributed by atoms with Crippen molar-refractivity contribution in [3.63, 3.8) is 0 Å². The van der Waals surface area contributed by atoms with Crippen molar-refractivity contribution in [2.75, 3.05) is 13.2 Å². The maximum absolute atomic E-state index is 11.4. The first-order valence-corrected chi connectivity index (χ1v) is 5.19. The SMILES string of the molecule is CC(C)(C)OC(=O)N[C@H]1COC[C@@H](N)C1. The zero-order chi connectivity index (χ0) is 11.5. The maximum atomic E-state index is 11.4. The van der Waals surface area contributed by atoms with E-state index >= 15 is 0 Å². The minimum Gasteiger partial charge on any atom is -0.444 e. The Labute approximate surface area is 90.3 Å². The average Bonchev–Trinajstić information content (AvgIpc) is 1.99. The summed E-state index contributed by atoms with van der Waals surface area (Å²) in [4.78, 5) is 11.4. The van der Waals surface area contributed by atoms with Crippen LogP contribution in [-0.2, 0) is 9.47 Å². The molecular weight excluding hydrogens is 196 g/mol. The fraction of sp³-hybridized carbons (Fsp3) is 0.900. The van der Waals surface area contributed by atoms with Gasteiger partial charge >= 0.3 is 6.09 Å². The summed E-state index contributed by atoms with van der Waals surface area (Å²) in [6.07, 6.45) is 0.324. The second-order valence-corrected chi connectivity index (χ2v) is 4.88. The lowest BCUT2D eigenvalue weighted by atomic mass is 10.1. The molecule has 3 N–H and O–H groups in total. The van der Waals surface area contributed by atoms with Gasteiger partial charge in [0.25, 0.3) is 0 Å². The third-order valence-corrected chi connectivity index (χ3v) is 1.96. The molecule has 0 radical (unpaired) electrons. The molecule has 88 valence electrons.